The van der Waals surface area contributed by atoms with Crippen LogP contribution in [-0.4, -0.2) is 53.8 Å². The molecule has 1 heterocycles. The lowest BCUT2D eigenvalue weighted by atomic mass is 10.0. The van der Waals surface area contributed by atoms with Crippen LogP contribution in [0, 0.1) is 0 Å². The Labute approximate surface area is 158 Å². The Hall–Kier alpha value is -2.42. The van der Waals surface area contributed by atoms with Gasteiger partial charge in [-0.2, -0.15) is 0 Å². The molecule has 8 heteroatoms. The second-order valence-electron chi connectivity index (χ2n) is 6.54. The molecule has 27 heavy (non-hydrogen) atoms. The van der Waals surface area contributed by atoms with E-state index in [9.17, 15) is 14.7 Å². The molecule has 2 rings (SSSR count). The van der Waals surface area contributed by atoms with Crippen LogP contribution in [0.15, 0.2) is 30.5 Å². The van der Waals surface area contributed by atoms with Crippen LogP contribution in [0.1, 0.15) is 24.8 Å². The van der Waals surface area contributed by atoms with Crippen molar-refractivity contribution >= 4 is 22.8 Å². The van der Waals surface area contributed by atoms with E-state index in [-0.39, 0.29) is 6.42 Å². The van der Waals surface area contributed by atoms with Crippen LogP contribution in [0.5, 0.6) is 0 Å². The van der Waals surface area contributed by atoms with Gasteiger partial charge in [0.15, 0.2) is 0 Å². The molecule has 0 aliphatic carbocycles. The van der Waals surface area contributed by atoms with E-state index < -0.39 is 30.1 Å². The lowest BCUT2D eigenvalue weighted by molar-refractivity contribution is -0.146. The van der Waals surface area contributed by atoms with Gasteiger partial charge < -0.3 is 31.6 Å². The zero-order valence-corrected chi connectivity index (χ0v) is 15.5. The first kappa shape index (κ1) is 20.9. The number of esters is 1. The number of aliphatic hydroxyl groups excluding tert-OH is 1. The molecule has 148 valence electrons. The van der Waals surface area contributed by atoms with Crippen LogP contribution in [0.3, 0.4) is 0 Å². The lowest BCUT2D eigenvalue weighted by Gasteiger charge is -2.22. The number of aromatic nitrogens is 1. The number of para-hydroxylation sites is 1. The maximum atomic E-state index is 12.4. The van der Waals surface area contributed by atoms with Crippen molar-refractivity contribution in [3.8, 4) is 0 Å². The fraction of sp³-hybridized carbons (Fsp3) is 0.474. The highest BCUT2D eigenvalue weighted by molar-refractivity contribution is 5.89. The minimum absolute atomic E-state index is 0.234. The number of carbonyl (C=O) groups is 2. The second kappa shape index (κ2) is 10.1. The van der Waals surface area contributed by atoms with Crippen LogP contribution in [-0.2, 0) is 20.7 Å². The van der Waals surface area contributed by atoms with Gasteiger partial charge in [-0.1, -0.05) is 24.6 Å². The fourth-order valence-electron chi connectivity index (χ4n) is 2.99. The maximum Gasteiger partial charge on any atom is 0.328 e. The highest BCUT2D eigenvalue weighted by atomic mass is 16.5. The Morgan fingerprint density at radius 3 is 2.74 bits per heavy atom. The molecule has 1 amide bonds. The molecule has 1 aromatic heterocycles. The standard InChI is InChI=1S/C19H28N4O4/c1-27-19(26)16(10-12-11-22-15-8-3-2-6-13(12)15)23-18(25)17(24)14(21)7-4-5-9-20/h2-3,6,8,11,14,16-17,22,24H,4-5,7,9-10,20-21H2,1H3,(H,23,25)/t14-,16+,17-/m1/s1. The number of amides is 1. The average molecular weight is 376 g/mol. The molecule has 0 saturated carbocycles. The van der Waals surface area contributed by atoms with Gasteiger partial charge in [-0.25, -0.2) is 4.79 Å². The summed E-state index contributed by atoms with van der Waals surface area (Å²) >= 11 is 0. The van der Waals surface area contributed by atoms with E-state index in [1.807, 2.05) is 24.3 Å². The van der Waals surface area contributed by atoms with Crippen molar-refractivity contribution in [2.45, 2.75) is 43.9 Å². The van der Waals surface area contributed by atoms with Crippen LogP contribution in [0.2, 0.25) is 0 Å². The van der Waals surface area contributed by atoms with Crippen molar-refractivity contribution in [3.05, 3.63) is 36.0 Å². The van der Waals surface area contributed by atoms with Crippen molar-refractivity contribution in [1.29, 1.82) is 0 Å². The van der Waals surface area contributed by atoms with Gasteiger partial charge in [-0.15, -0.1) is 0 Å². The number of aliphatic hydroxyl groups is 1. The Kier molecular flexibility index (Phi) is 7.78. The van der Waals surface area contributed by atoms with Crippen molar-refractivity contribution < 1.29 is 19.4 Å². The number of ether oxygens (including phenoxy) is 1. The number of nitrogens with two attached hydrogens (primary N) is 2. The van der Waals surface area contributed by atoms with Crippen LogP contribution in [0.25, 0.3) is 10.9 Å². The number of rotatable bonds is 10. The number of aromatic amines is 1. The second-order valence-corrected chi connectivity index (χ2v) is 6.54. The van der Waals surface area contributed by atoms with Gasteiger partial charge in [0, 0.05) is 29.6 Å². The highest BCUT2D eigenvalue weighted by Gasteiger charge is 2.29. The summed E-state index contributed by atoms with van der Waals surface area (Å²) < 4.78 is 4.80. The third kappa shape index (κ3) is 5.53. The number of hydrogen-bond donors (Lipinski definition) is 5. The van der Waals surface area contributed by atoms with Crippen molar-refractivity contribution in [2.75, 3.05) is 13.7 Å². The molecule has 0 unspecified atom stereocenters. The first-order chi connectivity index (χ1) is 13.0. The molecular formula is C19H28N4O4. The Morgan fingerprint density at radius 1 is 1.30 bits per heavy atom. The normalized spacial score (nSPS) is 14.5. The summed E-state index contributed by atoms with van der Waals surface area (Å²) in [7, 11) is 1.26. The zero-order chi connectivity index (χ0) is 19.8. The Morgan fingerprint density at radius 2 is 2.04 bits per heavy atom. The molecule has 0 aliphatic rings. The summed E-state index contributed by atoms with van der Waals surface area (Å²) in [5.41, 5.74) is 13.1. The smallest absolute Gasteiger partial charge is 0.328 e. The van der Waals surface area contributed by atoms with Crippen LogP contribution >= 0.6 is 0 Å². The Balaban J connectivity index is 2.05. The summed E-state index contributed by atoms with van der Waals surface area (Å²) in [5, 5.41) is 13.7. The Bertz CT molecular complexity index is 761. The van der Waals surface area contributed by atoms with E-state index in [0.29, 0.717) is 13.0 Å². The number of unbranched alkanes of at least 4 members (excludes halogenated alkanes) is 1. The number of hydrogen-bond acceptors (Lipinski definition) is 6. The number of benzene rings is 1. The largest absolute Gasteiger partial charge is 0.467 e. The summed E-state index contributed by atoms with van der Waals surface area (Å²) in [5.74, 6) is -1.27. The van der Waals surface area contributed by atoms with Crippen molar-refractivity contribution in [3.63, 3.8) is 0 Å². The van der Waals surface area contributed by atoms with E-state index in [2.05, 4.69) is 10.3 Å². The minimum atomic E-state index is -1.40. The number of fused-ring (bicyclic) bond motifs is 1. The predicted molar refractivity (Wildman–Crippen MR) is 103 cm³/mol. The van der Waals surface area contributed by atoms with E-state index in [4.69, 9.17) is 16.2 Å². The van der Waals surface area contributed by atoms with Crippen molar-refractivity contribution in [2.24, 2.45) is 11.5 Å². The molecule has 7 N–H and O–H groups in total. The molecular weight excluding hydrogens is 348 g/mol. The minimum Gasteiger partial charge on any atom is -0.467 e. The SMILES string of the molecule is COC(=O)[C@H](Cc1c[nH]c2ccccc12)NC(=O)[C@H](O)[C@H](N)CCCCN. The number of carbonyl (C=O) groups excluding carboxylic acids is 2. The number of methoxy groups -OCH3 is 1. The highest BCUT2D eigenvalue weighted by Crippen LogP contribution is 2.19. The maximum absolute atomic E-state index is 12.4. The molecule has 1 aromatic carbocycles. The predicted octanol–water partition coefficient (Wildman–Crippen LogP) is 0.185. The zero-order valence-electron chi connectivity index (χ0n) is 15.5. The third-order valence-corrected chi connectivity index (χ3v) is 4.57. The average Bonchev–Trinajstić information content (AvgIpc) is 3.09. The quantitative estimate of drug-likeness (QED) is 0.296. The number of H-pyrrole nitrogens is 1. The molecule has 0 bridgehead atoms. The van der Waals surface area contributed by atoms with Gasteiger partial charge in [-0.3, -0.25) is 4.79 Å². The van der Waals surface area contributed by atoms with E-state index >= 15 is 0 Å². The van der Waals surface area contributed by atoms with Gasteiger partial charge in [0.1, 0.15) is 12.1 Å². The molecule has 3 atom stereocenters. The molecule has 0 saturated heterocycles. The molecule has 0 radical (unpaired) electrons. The number of nitrogens with one attached hydrogen (secondary N) is 2. The van der Waals surface area contributed by atoms with Gasteiger partial charge in [0.05, 0.1) is 7.11 Å². The van der Waals surface area contributed by atoms with Crippen molar-refractivity contribution in [1.82, 2.24) is 10.3 Å². The summed E-state index contributed by atoms with van der Waals surface area (Å²) in [6.07, 6.45) is 2.58. The monoisotopic (exact) mass is 376 g/mol. The van der Waals surface area contributed by atoms with E-state index in [1.165, 1.54) is 7.11 Å². The summed E-state index contributed by atoms with van der Waals surface area (Å²) in [6, 6.07) is 6.02. The topological polar surface area (TPSA) is 143 Å². The fourth-order valence-corrected chi connectivity index (χ4v) is 2.99. The van der Waals surface area contributed by atoms with Crippen LogP contribution in [0.4, 0.5) is 0 Å². The summed E-state index contributed by atoms with van der Waals surface area (Å²) in [6.45, 7) is 0.532. The molecule has 0 fully saturated rings. The molecule has 0 spiro atoms. The first-order valence-electron chi connectivity index (χ1n) is 9.04. The van der Waals surface area contributed by atoms with Gasteiger partial charge >= 0.3 is 5.97 Å². The van der Waals surface area contributed by atoms with Gasteiger partial charge in [0.25, 0.3) is 5.91 Å². The molecule has 2 aromatic rings. The lowest BCUT2D eigenvalue weighted by Crippen LogP contribution is -2.52. The molecule has 8 nitrogen and oxygen atoms in total. The third-order valence-electron chi connectivity index (χ3n) is 4.57. The van der Waals surface area contributed by atoms with E-state index in [0.717, 1.165) is 29.3 Å². The van der Waals surface area contributed by atoms with Gasteiger partial charge in [-0.05, 0) is 31.0 Å². The van der Waals surface area contributed by atoms with Gasteiger partial charge in [0.2, 0.25) is 0 Å². The molecule has 0 aliphatic heterocycles. The van der Waals surface area contributed by atoms with Crippen LogP contribution < -0.4 is 16.8 Å². The summed E-state index contributed by atoms with van der Waals surface area (Å²) in [4.78, 5) is 27.6. The van der Waals surface area contributed by atoms with E-state index in [1.54, 1.807) is 6.20 Å². The first-order valence-corrected chi connectivity index (χ1v) is 9.04.